The average Bonchev–Trinajstić information content (AvgIpc) is 3.26. The van der Waals surface area contributed by atoms with Crippen LogP contribution in [0.15, 0.2) is 73.1 Å². The maximum absolute atomic E-state index is 13.3. The molecule has 5 heteroatoms. The number of Topliss-reactive ketones (excluding diaryl/α,β-unsaturated/α-hetero) is 1. The Morgan fingerprint density at radius 3 is 2.47 bits per heavy atom. The summed E-state index contributed by atoms with van der Waals surface area (Å²) in [6.45, 7) is 3.01. The number of nitriles is 1. The van der Waals surface area contributed by atoms with E-state index in [0.29, 0.717) is 5.56 Å². The number of unbranched alkanes of at least 4 members (excludes halogenated alkanes) is 1. The second kappa shape index (κ2) is 11.4. The van der Waals surface area contributed by atoms with Crippen molar-refractivity contribution in [2.24, 2.45) is 5.92 Å². The number of benzene rings is 2. The molecule has 0 spiro atoms. The number of aryl methyl sites for hydroxylation is 1. The highest BCUT2D eigenvalue weighted by atomic mass is 32.2. The first-order valence-electron chi connectivity index (χ1n) is 10.4. The summed E-state index contributed by atoms with van der Waals surface area (Å²) in [5.74, 6) is 1.47. The molecule has 0 fully saturated rings. The molecule has 154 valence electrons. The van der Waals surface area contributed by atoms with Crippen molar-refractivity contribution in [1.82, 2.24) is 9.55 Å². The van der Waals surface area contributed by atoms with E-state index in [1.807, 2.05) is 66.5 Å². The first-order chi connectivity index (χ1) is 14.8. The minimum Gasteiger partial charge on any atom is -0.334 e. The van der Waals surface area contributed by atoms with Gasteiger partial charge in [-0.1, -0.05) is 74.0 Å². The van der Waals surface area contributed by atoms with E-state index in [1.165, 1.54) is 12.8 Å². The molecule has 0 saturated heterocycles. The van der Waals surface area contributed by atoms with Crippen LogP contribution in [0.1, 0.15) is 47.4 Å². The van der Waals surface area contributed by atoms with Gasteiger partial charge in [-0.3, -0.25) is 4.79 Å². The number of hydrogen-bond donors (Lipinski definition) is 0. The number of imidazole rings is 1. The zero-order chi connectivity index (χ0) is 21.2. The molecular weight excluding hydrogens is 390 g/mol. The van der Waals surface area contributed by atoms with Crippen molar-refractivity contribution in [3.05, 3.63) is 90.0 Å². The van der Waals surface area contributed by atoms with Crippen LogP contribution in [0.4, 0.5) is 0 Å². The van der Waals surface area contributed by atoms with Gasteiger partial charge in [0.05, 0.1) is 12.0 Å². The van der Waals surface area contributed by atoms with Crippen LogP contribution in [0.3, 0.4) is 0 Å². The molecule has 2 atom stereocenters. The quantitative estimate of drug-likeness (QED) is 0.302. The van der Waals surface area contributed by atoms with Crippen LogP contribution in [0.5, 0.6) is 0 Å². The summed E-state index contributed by atoms with van der Waals surface area (Å²) in [6, 6.07) is 21.1. The number of hydrogen-bond acceptors (Lipinski definition) is 4. The highest BCUT2D eigenvalue weighted by Gasteiger charge is 2.34. The number of nitrogens with zero attached hydrogens (tertiary/aromatic N) is 3. The Kier molecular flexibility index (Phi) is 8.29. The van der Waals surface area contributed by atoms with E-state index in [-0.39, 0.29) is 5.78 Å². The predicted octanol–water partition coefficient (Wildman–Crippen LogP) is 5.57. The molecule has 1 aromatic heterocycles. The van der Waals surface area contributed by atoms with Crippen molar-refractivity contribution in [3.8, 4) is 6.07 Å². The fourth-order valence-corrected chi connectivity index (χ4v) is 4.54. The second-order valence-corrected chi connectivity index (χ2v) is 8.39. The third-order valence-electron chi connectivity index (χ3n) is 5.12. The first kappa shape index (κ1) is 21.9. The Morgan fingerprint density at radius 2 is 1.80 bits per heavy atom. The van der Waals surface area contributed by atoms with Gasteiger partial charge in [0, 0.05) is 30.3 Å². The van der Waals surface area contributed by atoms with E-state index in [4.69, 9.17) is 0 Å². The zero-order valence-electron chi connectivity index (χ0n) is 17.3. The molecule has 0 aliphatic rings. The van der Waals surface area contributed by atoms with Crippen molar-refractivity contribution >= 4 is 17.5 Å². The zero-order valence-corrected chi connectivity index (χ0v) is 18.1. The van der Waals surface area contributed by atoms with Gasteiger partial charge in [0.1, 0.15) is 11.7 Å². The summed E-state index contributed by atoms with van der Waals surface area (Å²) >= 11 is 1.93. The molecule has 2 unspecified atom stereocenters. The maximum Gasteiger partial charge on any atom is 0.181 e. The lowest BCUT2D eigenvalue weighted by atomic mass is 9.81. The van der Waals surface area contributed by atoms with Gasteiger partial charge in [0.2, 0.25) is 0 Å². The van der Waals surface area contributed by atoms with Gasteiger partial charge in [-0.05, 0) is 17.7 Å². The molecule has 0 aliphatic carbocycles. The van der Waals surface area contributed by atoms with Crippen molar-refractivity contribution in [2.75, 3.05) is 11.5 Å². The molecule has 0 N–H and O–H groups in total. The number of carbonyl (C=O) groups is 1. The molecule has 30 heavy (non-hydrogen) atoms. The summed E-state index contributed by atoms with van der Waals surface area (Å²) < 4.78 is 2.10. The minimum atomic E-state index is -0.844. The van der Waals surface area contributed by atoms with Crippen LogP contribution in [0.2, 0.25) is 0 Å². The lowest BCUT2D eigenvalue weighted by Gasteiger charge is -2.22. The standard InChI is InChI=1S/C25H27N3OS/c1-2-3-17-30-18-16-28-15-14-27-25(28)23(20-10-6-4-7-11-20)22(19-26)24(29)21-12-8-5-9-13-21/h4-15,22-23H,2-3,16-18H2,1H3. The van der Waals surface area contributed by atoms with Gasteiger partial charge in [-0.15, -0.1) is 0 Å². The summed E-state index contributed by atoms with van der Waals surface area (Å²) in [7, 11) is 0. The Morgan fingerprint density at radius 1 is 1.10 bits per heavy atom. The largest absolute Gasteiger partial charge is 0.334 e. The van der Waals surface area contributed by atoms with Gasteiger partial charge < -0.3 is 4.57 Å². The van der Waals surface area contributed by atoms with Gasteiger partial charge in [0.25, 0.3) is 0 Å². The molecule has 0 amide bonds. The lowest BCUT2D eigenvalue weighted by molar-refractivity contribution is 0.0938. The normalized spacial score (nSPS) is 12.8. The van der Waals surface area contributed by atoms with Crippen molar-refractivity contribution in [2.45, 2.75) is 32.2 Å². The minimum absolute atomic E-state index is 0.168. The molecule has 0 bridgehead atoms. The third-order valence-corrected chi connectivity index (χ3v) is 6.17. The number of thioether (sulfide) groups is 1. The van der Waals surface area contributed by atoms with Crippen molar-refractivity contribution in [3.63, 3.8) is 0 Å². The maximum atomic E-state index is 13.3. The van der Waals surface area contributed by atoms with E-state index >= 15 is 0 Å². The number of ketones is 1. The average molecular weight is 418 g/mol. The Hall–Kier alpha value is -2.84. The number of rotatable bonds is 11. The summed E-state index contributed by atoms with van der Waals surface area (Å²) in [5, 5.41) is 10.0. The smallest absolute Gasteiger partial charge is 0.181 e. The lowest BCUT2D eigenvalue weighted by Crippen LogP contribution is -2.25. The van der Waals surface area contributed by atoms with Crippen LogP contribution in [0.25, 0.3) is 0 Å². The van der Waals surface area contributed by atoms with Crippen LogP contribution in [0, 0.1) is 17.2 Å². The Balaban J connectivity index is 1.92. The van der Waals surface area contributed by atoms with Crippen LogP contribution in [-0.4, -0.2) is 26.8 Å². The fraction of sp³-hybridized carbons (Fsp3) is 0.320. The Labute approximate surface area is 183 Å². The van der Waals surface area contributed by atoms with E-state index in [9.17, 15) is 10.1 Å². The molecule has 1 heterocycles. The van der Waals surface area contributed by atoms with Crippen LogP contribution >= 0.6 is 11.8 Å². The summed E-state index contributed by atoms with van der Waals surface area (Å²) in [5.41, 5.74) is 1.48. The van der Waals surface area contributed by atoms with Gasteiger partial charge in [-0.25, -0.2) is 4.98 Å². The van der Waals surface area contributed by atoms with Crippen molar-refractivity contribution in [1.29, 1.82) is 5.26 Å². The summed E-state index contributed by atoms with van der Waals surface area (Å²) in [4.78, 5) is 17.9. The highest BCUT2D eigenvalue weighted by molar-refractivity contribution is 7.99. The molecule has 3 rings (SSSR count). The molecule has 0 aliphatic heterocycles. The molecular formula is C25H27N3OS. The first-order valence-corrected chi connectivity index (χ1v) is 11.5. The molecule has 3 aromatic rings. The topological polar surface area (TPSA) is 58.7 Å². The second-order valence-electron chi connectivity index (χ2n) is 7.17. The molecule has 4 nitrogen and oxygen atoms in total. The van der Waals surface area contributed by atoms with E-state index in [2.05, 4.69) is 22.5 Å². The summed E-state index contributed by atoms with van der Waals surface area (Å²) in [6.07, 6.45) is 6.14. The van der Waals surface area contributed by atoms with E-state index in [0.717, 1.165) is 29.4 Å². The highest BCUT2D eigenvalue weighted by Crippen LogP contribution is 2.33. The Bertz CT molecular complexity index is 963. The monoisotopic (exact) mass is 417 g/mol. The van der Waals surface area contributed by atoms with Crippen LogP contribution in [-0.2, 0) is 6.54 Å². The predicted molar refractivity (Wildman–Crippen MR) is 123 cm³/mol. The molecule has 2 aromatic carbocycles. The third kappa shape index (κ3) is 5.40. The van der Waals surface area contributed by atoms with Crippen LogP contribution < -0.4 is 0 Å². The van der Waals surface area contributed by atoms with Gasteiger partial charge in [-0.2, -0.15) is 17.0 Å². The van der Waals surface area contributed by atoms with Gasteiger partial charge >= 0.3 is 0 Å². The fourth-order valence-electron chi connectivity index (χ4n) is 3.52. The number of aromatic nitrogens is 2. The van der Waals surface area contributed by atoms with E-state index in [1.54, 1.807) is 18.3 Å². The molecule has 0 radical (unpaired) electrons. The molecule has 0 saturated carbocycles. The SMILES string of the molecule is CCCCSCCn1ccnc1C(c1ccccc1)C(C#N)C(=O)c1ccccc1. The van der Waals surface area contributed by atoms with Gasteiger partial charge in [0.15, 0.2) is 5.78 Å². The van der Waals surface area contributed by atoms with Crippen molar-refractivity contribution < 1.29 is 4.79 Å². The number of carbonyl (C=O) groups excluding carboxylic acids is 1. The van der Waals surface area contributed by atoms with E-state index < -0.39 is 11.8 Å².